The molecule has 0 unspecified atom stereocenters. The van der Waals surface area contributed by atoms with Crippen molar-refractivity contribution in [2.24, 2.45) is 7.05 Å². The number of aromatic hydroxyl groups is 1. The monoisotopic (exact) mass is 279 g/mol. The second-order valence-electron chi connectivity index (χ2n) is 4.22. The lowest BCUT2D eigenvalue weighted by molar-refractivity contribution is 0.377. The van der Waals surface area contributed by atoms with Gasteiger partial charge >= 0.3 is 0 Å². The van der Waals surface area contributed by atoms with E-state index in [1.54, 1.807) is 19.2 Å². The van der Waals surface area contributed by atoms with Crippen LogP contribution in [0.15, 0.2) is 24.4 Å². The molecular formula is C13H8F3N3O. The van der Waals surface area contributed by atoms with Crippen molar-refractivity contribution in [2.75, 3.05) is 0 Å². The lowest BCUT2D eigenvalue weighted by Gasteiger charge is -2.06. The predicted molar refractivity (Wildman–Crippen MR) is 65.5 cm³/mol. The van der Waals surface area contributed by atoms with Crippen molar-refractivity contribution in [1.29, 1.82) is 0 Å². The molecule has 0 bridgehead atoms. The standard InChI is InChI=1S/C13H8F3N3O/c1-19-12(18-8-3-2-4-17-13(8)19)6-5-7(14)10(16)11(20)9(6)15/h2-5,20H,1H3. The van der Waals surface area contributed by atoms with Gasteiger partial charge in [0.1, 0.15) is 11.3 Å². The Balaban J connectivity index is 2.34. The van der Waals surface area contributed by atoms with Gasteiger partial charge in [0.25, 0.3) is 0 Å². The van der Waals surface area contributed by atoms with Crippen molar-refractivity contribution in [2.45, 2.75) is 0 Å². The Hall–Kier alpha value is -2.57. The number of benzene rings is 1. The number of aromatic nitrogens is 3. The van der Waals surface area contributed by atoms with Gasteiger partial charge in [-0.3, -0.25) is 0 Å². The lowest BCUT2D eigenvalue weighted by Crippen LogP contribution is -1.99. The van der Waals surface area contributed by atoms with Gasteiger partial charge in [-0.25, -0.2) is 18.7 Å². The number of halogens is 3. The Bertz CT molecular complexity index is 829. The molecule has 0 aliphatic carbocycles. The Labute approximate surface area is 111 Å². The van der Waals surface area contributed by atoms with E-state index in [0.29, 0.717) is 17.2 Å². The van der Waals surface area contributed by atoms with Gasteiger partial charge in [0.15, 0.2) is 23.0 Å². The molecule has 0 saturated heterocycles. The summed E-state index contributed by atoms with van der Waals surface area (Å²) in [5, 5.41) is 9.25. The van der Waals surface area contributed by atoms with Gasteiger partial charge in [0, 0.05) is 13.2 Å². The number of nitrogens with zero attached hydrogens (tertiary/aromatic N) is 3. The van der Waals surface area contributed by atoms with E-state index in [-0.39, 0.29) is 11.4 Å². The van der Waals surface area contributed by atoms with Crippen LogP contribution in [0.4, 0.5) is 13.2 Å². The number of rotatable bonds is 1. The summed E-state index contributed by atoms with van der Waals surface area (Å²) in [6, 6.07) is 3.97. The summed E-state index contributed by atoms with van der Waals surface area (Å²) < 4.78 is 41.8. The Kier molecular flexibility index (Phi) is 2.63. The highest BCUT2D eigenvalue weighted by molar-refractivity contribution is 5.77. The average molecular weight is 279 g/mol. The number of phenols is 1. The maximum atomic E-state index is 13.9. The first-order valence-electron chi connectivity index (χ1n) is 5.65. The number of phenolic OH excluding ortho intramolecular Hbond substituents is 1. The molecule has 0 radical (unpaired) electrons. The second-order valence-corrected chi connectivity index (χ2v) is 4.22. The maximum absolute atomic E-state index is 13.9. The van der Waals surface area contributed by atoms with E-state index in [4.69, 9.17) is 0 Å². The molecule has 0 spiro atoms. The SMILES string of the molecule is Cn1c(-c2cc(F)c(F)c(O)c2F)nc2cccnc21. The van der Waals surface area contributed by atoms with E-state index in [1.165, 1.54) is 10.8 Å². The van der Waals surface area contributed by atoms with Crippen LogP contribution in [-0.4, -0.2) is 19.6 Å². The Morgan fingerprint density at radius 2 is 1.95 bits per heavy atom. The number of hydrogen-bond donors (Lipinski definition) is 1. The fraction of sp³-hybridized carbons (Fsp3) is 0.0769. The molecule has 2 heterocycles. The normalized spacial score (nSPS) is 11.2. The molecule has 0 saturated carbocycles. The van der Waals surface area contributed by atoms with E-state index >= 15 is 0 Å². The molecule has 0 amide bonds. The Morgan fingerprint density at radius 1 is 1.20 bits per heavy atom. The van der Waals surface area contributed by atoms with Crippen LogP contribution in [0.1, 0.15) is 0 Å². The number of pyridine rings is 1. The van der Waals surface area contributed by atoms with Crippen LogP contribution >= 0.6 is 0 Å². The summed E-state index contributed by atoms with van der Waals surface area (Å²) in [5.41, 5.74) is 0.613. The van der Waals surface area contributed by atoms with Crippen molar-refractivity contribution in [3.63, 3.8) is 0 Å². The minimum atomic E-state index is -1.62. The van der Waals surface area contributed by atoms with Gasteiger partial charge in [-0.15, -0.1) is 0 Å². The third-order valence-corrected chi connectivity index (χ3v) is 3.00. The zero-order valence-electron chi connectivity index (χ0n) is 10.2. The summed E-state index contributed by atoms with van der Waals surface area (Å²) in [7, 11) is 1.56. The minimum absolute atomic E-state index is 0.0467. The molecule has 3 rings (SSSR count). The van der Waals surface area contributed by atoms with Gasteiger partial charge in [0.05, 0.1) is 5.56 Å². The summed E-state index contributed by atoms with van der Waals surface area (Å²) in [6.45, 7) is 0. The van der Waals surface area contributed by atoms with Crippen LogP contribution in [0, 0.1) is 17.5 Å². The topological polar surface area (TPSA) is 50.9 Å². The zero-order chi connectivity index (χ0) is 14.4. The molecule has 0 fully saturated rings. The molecule has 2 aromatic heterocycles. The third-order valence-electron chi connectivity index (χ3n) is 3.00. The summed E-state index contributed by atoms with van der Waals surface area (Å²) in [6.07, 6.45) is 1.53. The van der Waals surface area contributed by atoms with E-state index in [0.717, 1.165) is 0 Å². The predicted octanol–water partition coefficient (Wildman–Crippen LogP) is 2.76. The first-order chi connectivity index (χ1) is 9.50. The van der Waals surface area contributed by atoms with E-state index in [9.17, 15) is 18.3 Å². The first kappa shape index (κ1) is 12.5. The molecule has 20 heavy (non-hydrogen) atoms. The third kappa shape index (κ3) is 1.63. The van der Waals surface area contributed by atoms with Gasteiger partial charge < -0.3 is 9.67 Å². The molecule has 1 N–H and O–H groups in total. The first-order valence-corrected chi connectivity index (χ1v) is 5.65. The van der Waals surface area contributed by atoms with Crippen LogP contribution in [0.2, 0.25) is 0 Å². The van der Waals surface area contributed by atoms with Crippen molar-refractivity contribution in [3.05, 3.63) is 41.8 Å². The molecule has 0 aliphatic heterocycles. The number of aryl methyl sites for hydroxylation is 1. The highest BCUT2D eigenvalue weighted by Gasteiger charge is 2.22. The van der Waals surface area contributed by atoms with Crippen LogP contribution in [0.3, 0.4) is 0 Å². The van der Waals surface area contributed by atoms with Crippen molar-refractivity contribution < 1.29 is 18.3 Å². The highest BCUT2D eigenvalue weighted by Crippen LogP contribution is 2.32. The Morgan fingerprint density at radius 3 is 2.65 bits per heavy atom. The molecule has 1 aromatic carbocycles. The van der Waals surface area contributed by atoms with Crippen molar-refractivity contribution in [3.8, 4) is 17.1 Å². The van der Waals surface area contributed by atoms with E-state index in [2.05, 4.69) is 9.97 Å². The lowest BCUT2D eigenvalue weighted by atomic mass is 10.1. The fourth-order valence-corrected chi connectivity index (χ4v) is 2.02. The molecule has 3 aromatic rings. The molecular weight excluding hydrogens is 271 g/mol. The minimum Gasteiger partial charge on any atom is -0.503 e. The zero-order valence-corrected chi connectivity index (χ0v) is 10.2. The smallest absolute Gasteiger partial charge is 0.203 e. The van der Waals surface area contributed by atoms with E-state index < -0.39 is 23.2 Å². The molecule has 0 atom stereocenters. The van der Waals surface area contributed by atoms with Gasteiger partial charge in [-0.2, -0.15) is 4.39 Å². The molecule has 0 aliphatic rings. The largest absolute Gasteiger partial charge is 0.503 e. The summed E-state index contributed by atoms with van der Waals surface area (Å²) >= 11 is 0. The number of hydrogen-bond acceptors (Lipinski definition) is 3. The summed E-state index contributed by atoms with van der Waals surface area (Å²) in [5.74, 6) is -5.55. The molecule has 7 heteroatoms. The van der Waals surface area contributed by atoms with Crippen LogP contribution in [0.25, 0.3) is 22.6 Å². The molecule has 4 nitrogen and oxygen atoms in total. The number of imidazole rings is 1. The fourth-order valence-electron chi connectivity index (χ4n) is 2.02. The molecule has 102 valence electrons. The van der Waals surface area contributed by atoms with Gasteiger partial charge in [-0.05, 0) is 18.2 Å². The van der Waals surface area contributed by atoms with Crippen molar-refractivity contribution in [1.82, 2.24) is 14.5 Å². The summed E-state index contributed by atoms with van der Waals surface area (Å²) in [4.78, 5) is 8.18. The number of fused-ring (bicyclic) bond motifs is 1. The second kappa shape index (κ2) is 4.22. The highest BCUT2D eigenvalue weighted by atomic mass is 19.2. The quantitative estimate of drug-likeness (QED) is 0.697. The van der Waals surface area contributed by atoms with Crippen LogP contribution in [-0.2, 0) is 7.05 Å². The van der Waals surface area contributed by atoms with Gasteiger partial charge in [0.2, 0.25) is 5.82 Å². The van der Waals surface area contributed by atoms with Crippen LogP contribution in [0.5, 0.6) is 5.75 Å². The van der Waals surface area contributed by atoms with Crippen molar-refractivity contribution >= 4 is 11.2 Å². The van der Waals surface area contributed by atoms with E-state index in [1.807, 2.05) is 0 Å². The maximum Gasteiger partial charge on any atom is 0.203 e. The average Bonchev–Trinajstić information content (AvgIpc) is 2.78. The van der Waals surface area contributed by atoms with Gasteiger partial charge in [-0.1, -0.05) is 0 Å². The van der Waals surface area contributed by atoms with Crippen LogP contribution < -0.4 is 0 Å².